The quantitative estimate of drug-likeness (QED) is 0.490. The summed E-state index contributed by atoms with van der Waals surface area (Å²) in [5, 5.41) is 13.1. The Bertz CT molecular complexity index is 720. The van der Waals surface area contributed by atoms with Crippen molar-refractivity contribution in [3.05, 3.63) is 60.7 Å². The van der Waals surface area contributed by atoms with Gasteiger partial charge in [0.15, 0.2) is 0 Å². The predicted molar refractivity (Wildman–Crippen MR) is 124 cm³/mol. The van der Waals surface area contributed by atoms with Crippen LogP contribution in [0.1, 0.15) is 40.5 Å². The van der Waals surface area contributed by atoms with E-state index in [9.17, 15) is 5.11 Å². The molecule has 0 unspecified atom stereocenters. The number of benzene rings is 2. The number of hydrogen-bond acceptors (Lipinski definition) is 4. The Morgan fingerprint density at radius 3 is 2.07 bits per heavy atom. The van der Waals surface area contributed by atoms with Crippen molar-refractivity contribution in [1.29, 1.82) is 0 Å². The molecule has 3 rings (SSSR count). The van der Waals surface area contributed by atoms with Crippen LogP contribution in [0.15, 0.2) is 60.7 Å². The molecule has 1 N–H and O–H groups in total. The van der Waals surface area contributed by atoms with Gasteiger partial charge in [0.1, 0.15) is 18.3 Å². The van der Waals surface area contributed by atoms with Gasteiger partial charge in [-0.05, 0) is 21.8 Å². The van der Waals surface area contributed by atoms with Gasteiger partial charge in [0.25, 0.3) is 8.32 Å². The van der Waals surface area contributed by atoms with Gasteiger partial charge in [-0.2, -0.15) is 0 Å². The molecule has 1 fully saturated rings. The monoisotopic (exact) mass is 428 g/mol. The lowest BCUT2D eigenvalue weighted by atomic mass is 10.1. The number of unbranched alkanes of at least 4 members (excludes halogenated alkanes) is 1. The molecule has 2 aromatic carbocycles. The van der Waals surface area contributed by atoms with Gasteiger partial charge in [-0.3, -0.25) is 0 Å². The van der Waals surface area contributed by atoms with Crippen molar-refractivity contribution in [2.24, 2.45) is 0 Å². The van der Waals surface area contributed by atoms with Crippen LogP contribution in [-0.4, -0.2) is 51.6 Å². The molecule has 0 saturated carbocycles. The van der Waals surface area contributed by atoms with Gasteiger partial charge >= 0.3 is 0 Å². The Kier molecular flexibility index (Phi) is 7.88. The zero-order valence-corrected chi connectivity index (χ0v) is 19.7. The maximum Gasteiger partial charge on any atom is 0.261 e. The summed E-state index contributed by atoms with van der Waals surface area (Å²) in [6, 6.07) is 21.1. The first-order valence-electron chi connectivity index (χ1n) is 11.1. The summed E-state index contributed by atoms with van der Waals surface area (Å²) in [5.41, 5.74) is 0. The molecule has 4 nitrogen and oxygen atoms in total. The fraction of sp³-hybridized carbons (Fsp3) is 0.520. The van der Waals surface area contributed by atoms with Crippen LogP contribution < -0.4 is 10.4 Å². The highest BCUT2D eigenvalue weighted by molar-refractivity contribution is 6.99. The van der Waals surface area contributed by atoms with E-state index in [1.54, 1.807) is 0 Å². The lowest BCUT2D eigenvalue weighted by molar-refractivity contribution is -0.0269. The van der Waals surface area contributed by atoms with Crippen LogP contribution in [0.2, 0.25) is 5.04 Å². The molecule has 1 saturated heterocycles. The Morgan fingerprint density at radius 1 is 1.00 bits per heavy atom. The Hall–Kier alpha value is -1.50. The van der Waals surface area contributed by atoms with Gasteiger partial charge in [0, 0.05) is 6.61 Å². The van der Waals surface area contributed by atoms with E-state index in [-0.39, 0.29) is 17.2 Å². The Morgan fingerprint density at radius 2 is 1.57 bits per heavy atom. The van der Waals surface area contributed by atoms with Gasteiger partial charge < -0.3 is 19.0 Å². The molecule has 0 amide bonds. The number of ether oxygens (including phenoxy) is 2. The molecule has 30 heavy (non-hydrogen) atoms. The summed E-state index contributed by atoms with van der Waals surface area (Å²) in [7, 11) is -2.63. The maximum atomic E-state index is 10.8. The SMILES string of the molecule is CCCCO[C@@H]1CO[C@H](CO[Si](c2ccccc2)(c2ccccc2)C(C)(C)C)[C@@H]1O. The average Bonchev–Trinajstić information content (AvgIpc) is 3.09. The molecule has 5 heteroatoms. The van der Waals surface area contributed by atoms with Gasteiger partial charge in [0.05, 0.1) is 13.2 Å². The van der Waals surface area contributed by atoms with Crippen molar-refractivity contribution in [2.45, 2.75) is 63.9 Å². The standard InChI is InChI=1S/C25H36O4Si/c1-5-6-17-27-22-18-28-23(24(22)26)19-29-30(25(2,3)4,20-13-9-7-10-14-20)21-15-11-8-12-16-21/h7-16,22-24,26H,5-6,17-19H2,1-4H3/t22-,23-,24-/m1/s1. The molecule has 3 atom stereocenters. The number of aliphatic hydroxyl groups excluding tert-OH is 1. The molecule has 0 bridgehead atoms. The molecular formula is C25H36O4Si. The van der Waals surface area contributed by atoms with E-state index in [2.05, 4.69) is 76.2 Å². The van der Waals surface area contributed by atoms with E-state index in [0.717, 1.165) is 12.8 Å². The van der Waals surface area contributed by atoms with Crippen molar-refractivity contribution in [3.8, 4) is 0 Å². The van der Waals surface area contributed by atoms with Crippen LogP contribution in [0.4, 0.5) is 0 Å². The zero-order valence-electron chi connectivity index (χ0n) is 18.7. The molecule has 1 aliphatic heterocycles. The van der Waals surface area contributed by atoms with Crippen LogP contribution in [0, 0.1) is 0 Å². The van der Waals surface area contributed by atoms with Crippen molar-refractivity contribution in [3.63, 3.8) is 0 Å². The summed E-state index contributed by atoms with van der Waals surface area (Å²) >= 11 is 0. The largest absolute Gasteiger partial charge is 0.405 e. The minimum absolute atomic E-state index is 0.101. The van der Waals surface area contributed by atoms with Crippen molar-refractivity contribution in [2.75, 3.05) is 19.8 Å². The minimum Gasteiger partial charge on any atom is -0.405 e. The van der Waals surface area contributed by atoms with Gasteiger partial charge in [-0.1, -0.05) is 94.8 Å². The van der Waals surface area contributed by atoms with E-state index < -0.39 is 14.4 Å². The smallest absolute Gasteiger partial charge is 0.261 e. The van der Waals surface area contributed by atoms with Gasteiger partial charge in [0.2, 0.25) is 0 Å². The third-order valence-corrected chi connectivity index (χ3v) is 11.0. The number of rotatable bonds is 9. The molecular weight excluding hydrogens is 392 g/mol. The van der Waals surface area contributed by atoms with Gasteiger partial charge in [-0.25, -0.2) is 0 Å². The minimum atomic E-state index is -2.63. The van der Waals surface area contributed by atoms with E-state index in [1.807, 2.05) is 12.1 Å². The first-order chi connectivity index (χ1) is 14.4. The van der Waals surface area contributed by atoms with Crippen LogP contribution in [0.25, 0.3) is 0 Å². The molecule has 0 radical (unpaired) electrons. The highest BCUT2D eigenvalue weighted by atomic mass is 28.4. The third kappa shape index (κ3) is 4.87. The summed E-state index contributed by atoms with van der Waals surface area (Å²) in [4.78, 5) is 0. The summed E-state index contributed by atoms with van der Waals surface area (Å²) in [6.07, 6.45) is 0.749. The molecule has 164 valence electrons. The molecule has 0 aliphatic carbocycles. The van der Waals surface area contributed by atoms with Crippen LogP contribution in [0.3, 0.4) is 0 Å². The van der Waals surface area contributed by atoms with Crippen molar-refractivity contribution >= 4 is 18.7 Å². The maximum absolute atomic E-state index is 10.8. The van der Waals surface area contributed by atoms with E-state index >= 15 is 0 Å². The molecule has 0 spiro atoms. The first kappa shape index (κ1) is 23.2. The average molecular weight is 429 g/mol. The van der Waals surface area contributed by atoms with Crippen LogP contribution in [-0.2, 0) is 13.9 Å². The van der Waals surface area contributed by atoms with E-state index in [4.69, 9.17) is 13.9 Å². The number of aliphatic hydroxyl groups is 1. The number of hydrogen-bond donors (Lipinski definition) is 1. The summed E-state index contributed by atoms with van der Waals surface area (Å²) in [6.45, 7) is 10.3. The summed E-state index contributed by atoms with van der Waals surface area (Å²) in [5.74, 6) is 0. The molecule has 1 aliphatic rings. The van der Waals surface area contributed by atoms with Crippen LogP contribution in [0.5, 0.6) is 0 Å². The van der Waals surface area contributed by atoms with Gasteiger partial charge in [-0.15, -0.1) is 0 Å². The third-order valence-electron chi connectivity index (χ3n) is 5.95. The molecule has 2 aromatic rings. The van der Waals surface area contributed by atoms with Crippen LogP contribution >= 0.6 is 0 Å². The van der Waals surface area contributed by atoms with Crippen molar-refractivity contribution < 1.29 is 19.0 Å². The lowest BCUT2D eigenvalue weighted by Crippen LogP contribution is -2.67. The van der Waals surface area contributed by atoms with Crippen molar-refractivity contribution in [1.82, 2.24) is 0 Å². The highest BCUT2D eigenvalue weighted by Crippen LogP contribution is 2.37. The lowest BCUT2D eigenvalue weighted by Gasteiger charge is -2.43. The second kappa shape index (κ2) is 10.2. The highest BCUT2D eigenvalue weighted by Gasteiger charge is 2.51. The Balaban J connectivity index is 1.86. The fourth-order valence-corrected chi connectivity index (χ4v) is 8.87. The summed E-state index contributed by atoms with van der Waals surface area (Å²) < 4.78 is 18.6. The van der Waals surface area contributed by atoms with E-state index in [1.165, 1.54) is 10.4 Å². The topological polar surface area (TPSA) is 47.9 Å². The zero-order chi connectivity index (χ0) is 21.6. The predicted octanol–water partition coefficient (Wildman–Crippen LogP) is 3.51. The Labute approximate surface area is 182 Å². The second-order valence-corrected chi connectivity index (χ2v) is 13.4. The second-order valence-electron chi connectivity index (χ2n) is 9.10. The normalized spacial score (nSPS) is 22.4. The fourth-order valence-electron chi connectivity index (χ4n) is 4.30. The first-order valence-corrected chi connectivity index (χ1v) is 13.0. The molecule has 1 heterocycles. The molecule has 0 aromatic heterocycles. The van der Waals surface area contributed by atoms with E-state index in [0.29, 0.717) is 19.8 Å².